The van der Waals surface area contributed by atoms with Gasteiger partial charge in [-0.3, -0.25) is 4.90 Å². The Morgan fingerprint density at radius 1 is 1.16 bits per heavy atom. The quantitative estimate of drug-likeness (QED) is 0.826. The zero-order chi connectivity index (χ0) is 13.7. The van der Waals surface area contributed by atoms with E-state index in [1.54, 1.807) is 0 Å². The third kappa shape index (κ3) is 4.20. The van der Waals surface area contributed by atoms with E-state index in [0.717, 1.165) is 32.7 Å². The summed E-state index contributed by atoms with van der Waals surface area (Å²) in [5.41, 5.74) is 8.06. The number of benzene rings is 1. The SMILES string of the molecule is Cc1ccc(N2CCN(CC(O)CCN)CC2)cc1. The molecule has 19 heavy (non-hydrogen) atoms. The third-order valence-electron chi connectivity index (χ3n) is 3.74. The topological polar surface area (TPSA) is 52.7 Å². The molecule has 1 aromatic carbocycles. The lowest BCUT2D eigenvalue weighted by Crippen LogP contribution is -2.48. The number of rotatable bonds is 5. The maximum atomic E-state index is 9.78. The molecule has 1 atom stereocenters. The van der Waals surface area contributed by atoms with Crippen LogP contribution in [0.2, 0.25) is 0 Å². The fourth-order valence-electron chi connectivity index (χ4n) is 2.53. The predicted molar refractivity (Wildman–Crippen MR) is 79.5 cm³/mol. The fourth-order valence-corrected chi connectivity index (χ4v) is 2.53. The Morgan fingerprint density at radius 2 is 1.79 bits per heavy atom. The van der Waals surface area contributed by atoms with Gasteiger partial charge >= 0.3 is 0 Å². The fraction of sp³-hybridized carbons (Fsp3) is 0.600. The molecule has 0 radical (unpaired) electrons. The van der Waals surface area contributed by atoms with Gasteiger partial charge in [0.25, 0.3) is 0 Å². The van der Waals surface area contributed by atoms with Gasteiger partial charge in [-0.15, -0.1) is 0 Å². The highest BCUT2D eigenvalue weighted by Gasteiger charge is 2.18. The van der Waals surface area contributed by atoms with Crippen molar-refractivity contribution in [2.45, 2.75) is 19.4 Å². The van der Waals surface area contributed by atoms with E-state index < -0.39 is 0 Å². The van der Waals surface area contributed by atoms with Gasteiger partial charge in [-0.2, -0.15) is 0 Å². The van der Waals surface area contributed by atoms with Gasteiger partial charge in [0.2, 0.25) is 0 Å². The van der Waals surface area contributed by atoms with Gasteiger partial charge in [-0.25, -0.2) is 0 Å². The summed E-state index contributed by atoms with van der Waals surface area (Å²) in [5.74, 6) is 0. The van der Waals surface area contributed by atoms with E-state index >= 15 is 0 Å². The van der Waals surface area contributed by atoms with Gasteiger partial charge in [-0.1, -0.05) is 17.7 Å². The Balaban J connectivity index is 1.80. The molecule has 3 N–H and O–H groups in total. The second kappa shape index (κ2) is 6.89. The molecular weight excluding hydrogens is 238 g/mol. The summed E-state index contributed by atoms with van der Waals surface area (Å²) >= 11 is 0. The first-order valence-corrected chi connectivity index (χ1v) is 7.11. The van der Waals surface area contributed by atoms with Crippen LogP contribution < -0.4 is 10.6 Å². The number of β-amino-alcohol motifs (C(OH)–C–C–N with tert-alkyl or cyclic N) is 1. The molecule has 1 unspecified atom stereocenters. The minimum absolute atomic E-state index is 0.282. The maximum absolute atomic E-state index is 9.78. The average molecular weight is 263 g/mol. The van der Waals surface area contributed by atoms with Gasteiger partial charge < -0.3 is 15.7 Å². The highest BCUT2D eigenvalue weighted by molar-refractivity contribution is 5.47. The lowest BCUT2D eigenvalue weighted by atomic mass is 10.2. The van der Waals surface area contributed by atoms with E-state index in [2.05, 4.69) is 41.0 Å². The molecule has 1 aliphatic rings. The van der Waals surface area contributed by atoms with Crippen LogP contribution in [0.3, 0.4) is 0 Å². The Morgan fingerprint density at radius 3 is 2.37 bits per heavy atom. The van der Waals surface area contributed by atoms with E-state index in [4.69, 9.17) is 5.73 Å². The number of nitrogens with two attached hydrogens (primary N) is 1. The number of anilines is 1. The Labute approximate surface area is 115 Å². The van der Waals surface area contributed by atoms with Crippen LogP contribution in [0.25, 0.3) is 0 Å². The van der Waals surface area contributed by atoms with Crippen LogP contribution in [0.4, 0.5) is 5.69 Å². The number of hydrogen-bond donors (Lipinski definition) is 2. The summed E-state index contributed by atoms with van der Waals surface area (Å²) < 4.78 is 0. The van der Waals surface area contributed by atoms with Crippen molar-refractivity contribution < 1.29 is 5.11 Å². The van der Waals surface area contributed by atoms with Crippen LogP contribution in [-0.4, -0.2) is 55.4 Å². The average Bonchev–Trinajstić information content (AvgIpc) is 2.41. The maximum Gasteiger partial charge on any atom is 0.0679 e. The molecule has 1 aromatic rings. The van der Waals surface area contributed by atoms with Crippen LogP contribution in [0.5, 0.6) is 0 Å². The molecule has 1 fully saturated rings. The number of nitrogens with zero attached hydrogens (tertiary/aromatic N) is 2. The third-order valence-corrected chi connectivity index (χ3v) is 3.74. The van der Waals surface area contributed by atoms with Gasteiger partial charge in [0, 0.05) is 38.4 Å². The minimum atomic E-state index is -0.282. The summed E-state index contributed by atoms with van der Waals surface area (Å²) in [6, 6.07) is 8.70. The van der Waals surface area contributed by atoms with Crippen LogP contribution in [-0.2, 0) is 0 Å². The Bertz CT molecular complexity index is 371. The number of aliphatic hydroxyl groups is 1. The van der Waals surface area contributed by atoms with Crippen molar-refractivity contribution in [3.63, 3.8) is 0 Å². The van der Waals surface area contributed by atoms with Crippen LogP contribution in [0.1, 0.15) is 12.0 Å². The van der Waals surface area contributed by atoms with Crippen molar-refractivity contribution in [1.82, 2.24) is 4.90 Å². The number of hydrogen-bond acceptors (Lipinski definition) is 4. The van der Waals surface area contributed by atoms with Gasteiger partial charge in [0.15, 0.2) is 0 Å². The smallest absolute Gasteiger partial charge is 0.0679 e. The van der Waals surface area contributed by atoms with Crippen molar-refractivity contribution in [3.05, 3.63) is 29.8 Å². The molecule has 0 spiro atoms. The van der Waals surface area contributed by atoms with Gasteiger partial charge in [-0.05, 0) is 32.0 Å². The van der Waals surface area contributed by atoms with Crippen molar-refractivity contribution >= 4 is 5.69 Å². The number of piperazine rings is 1. The molecule has 1 aliphatic heterocycles. The van der Waals surface area contributed by atoms with Crippen LogP contribution in [0, 0.1) is 6.92 Å². The summed E-state index contributed by atoms with van der Waals surface area (Å²) in [6.07, 6.45) is 0.411. The molecule has 0 bridgehead atoms. The minimum Gasteiger partial charge on any atom is -0.392 e. The zero-order valence-corrected chi connectivity index (χ0v) is 11.8. The molecule has 0 amide bonds. The normalized spacial score (nSPS) is 18.6. The van der Waals surface area contributed by atoms with Crippen molar-refractivity contribution in [2.24, 2.45) is 5.73 Å². The molecule has 0 aromatic heterocycles. The second-order valence-electron chi connectivity index (χ2n) is 5.35. The molecule has 4 nitrogen and oxygen atoms in total. The molecule has 1 heterocycles. The van der Waals surface area contributed by atoms with Gasteiger partial charge in [0.05, 0.1) is 6.10 Å². The van der Waals surface area contributed by atoms with E-state index in [1.807, 2.05) is 0 Å². The summed E-state index contributed by atoms with van der Waals surface area (Å²) in [4.78, 5) is 4.73. The molecule has 1 saturated heterocycles. The first-order valence-electron chi connectivity index (χ1n) is 7.11. The molecule has 106 valence electrons. The van der Waals surface area contributed by atoms with E-state index in [-0.39, 0.29) is 6.10 Å². The molecule has 0 saturated carbocycles. The Kier molecular flexibility index (Phi) is 5.19. The monoisotopic (exact) mass is 263 g/mol. The van der Waals surface area contributed by atoms with Crippen molar-refractivity contribution in [1.29, 1.82) is 0 Å². The Hall–Kier alpha value is -1.10. The molecule has 0 aliphatic carbocycles. The van der Waals surface area contributed by atoms with E-state index in [9.17, 15) is 5.11 Å². The highest BCUT2D eigenvalue weighted by atomic mass is 16.3. The largest absolute Gasteiger partial charge is 0.392 e. The summed E-state index contributed by atoms with van der Waals surface area (Å²) in [7, 11) is 0. The van der Waals surface area contributed by atoms with Crippen molar-refractivity contribution in [3.8, 4) is 0 Å². The van der Waals surface area contributed by atoms with E-state index in [1.165, 1.54) is 11.3 Å². The predicted octanol–water partition coefficient (Wildman–Crippen LogP) is 0.827. The first kappa shape index (κ1) is 14.3. The second-order valence-corrected chi connectivity index (χ2v) is 5.35. The molecular formula is C15H25N3O. The molecule has 4 heteroatoms. The van der Waals surface area contributed by atoms with Crippen LogP contribution in [0.15, 0.2) is 24.3 Å². The first-order chi connectivity index (χ1) is 9.19. The highest BCUT2D eigenvalue weighted by Crippen LogP contribution is 2.17. The summed E-state index contributed by atoms with van der Waals surface area (Å²) in [5, 5.41) is 9.78. The van der Waals surface area contributed by atoms with Gasteiger partial charge in [0.1, 0.15) is 0 Å². The lowest BCUT2D eigenvalue weighted by Gasteiger charge is -2.37. The van der Waals surface area contributed by atoms with Crippen molar-refractivity contribution in [2.75, 3.05) is 44.2 Å². The van der Waals surface area contributed by atoms with Crippen LogP contribution >= 0.6 is 0 Å². The standard InChI is InChI=1S/C15H25N3O/c1-13-2-4-14(5-3-13)18-10-8-17(9-11-18)12-15(19)6-7-16/h2-5,15,19H,6-12,16H2,1H3. The lowest BCUT2D eigenvalue weighted by molar-refractivity contribution is 0.104. The number of aryl methyl sites for hydroxylation is 1. The zero-order valence-electron chi connectivity index (χ0n) is 11.8. The number of aliphatic hydroxyl groups excluding tert-OH is 1. The van der Waals surface area contributed by atoms with E-state index in [0.29, 0.717) is 13.0 Å². The molecule has 2 rings (SSSR count). The summed E-state index contributed by atoms with van der Waals surface area (Å²) in [6.45, 7) is 7.49.